The van der Waals surface area contributed by atoms with Gasteiger partial charge in [-0.25, -0.2) is 0 Å². The summed E-state index contributed by atoms with van der Waals surface area (Å²) in [6.45, 7) is 5.40. The molecule has 2 aromatic rings. The van der Waals surface area contributed by atoms with Gasteiger partial charge in [0.15, 0.2) is 5.96 Å². The molecule has 0 aliphatic carbocycles. The molecule has 164 valence electrons. The fourth-order valence-electron chi connectivity index (χ4n) is 3.55. The third-order valence-electron chi connectivity index (χ3n) is 5.24. The average molecular weight is 525 g/mol. The number of guanidine groups is 1. The van der Waals surface area contributed by atoms with E-state index in [1.165, 1.54) is 5.69 Å². The summed E-state index contributed by atoms with van der Waals surface area (Å²) in [5.74, 6) is 1.84. The molecule has 0 radical (unpaired) electrons. The lowest BCUT2D eigenvalue weighted by atomic mass is 10.2. The number of hydrogen-bond acceptors (Lipinski definition) is 4. The Morgan fingerprint density at radius 3 is 2.43 bits per heavy atom. The highest BCUT2D eigenvalue weighted by atomic mass is 127. The molecule has 30 heavy (non-hydrogen) atoms. The van der Waals surface area contributed by atoms with E-state index < -0.39 is 0 Å². The second kappa shape index (κ2) is 12.5. The standard InChI is InChI=1S/C22H31N5O2.HI/c1-23-22(24-12-4-6-14-26-13-5-3-7-21(26)28)27-17-15-25(16-18-27)19-8-10-20(29-2)11-9-19;/h3,5,7-11,13H,4,6,12,14-18H2,1-2H3,(H,23,24);1H. The minimum atomic E-state index is 0. The highest BCUT2D eigenvalue weighted by Crippen LogP contribution is 2.20. The van der Waals surface area contributed by atoms with Crippen molar-refractivity contribution in [3.63, 3.8) is 0 Å². The van der Waals surface area contributed by atoms with Crippen LogP contribution in [0.15, 0.2) is 58.4 Å². The van der Waals surface area contributed by atoms with Crippen molar-refractivity contribution < 1.29 is 4.74 Å². The van der Waals surface area contributed by atoms with Crippen LogP contribution in [0.25, 0.3) is 0 Å². The Labute approximate surface area is 195 Å². The molecule has 0 unspecified atom stereocenters. The zero-order valence-corrected chi connectivity index (χ0v) is 20.1. The Hall–Kier alpha value is -2.23. The minimum absolute atomic E-state index is 0. The number of pyridine rings is 1. The van der Waals surface area contributed by atoms with Crippen LogP contribution in [0, 0.1) is 0 Å². The van der Waals surface area contributed by atoms with Gasteiger partial charge in [0, 0.05) is 64.3 Å². The van der Waals surface area contributed by atoms with Crippen LogP contribution in [0.5, 0.6) is 5.75 Å². The van der Waals surface area contributed by atoms with Gasteiger partial charge in [-0.05, 0) is 43.2 Å². The Morgan fingerprint density at radius 1 is 1.07 bits per heavy atom. The minimum Gasteiger partial charge on any atom is -0.497 e. The van der Waals surface area contributed by atoms with E-state index in [9.17, 15) is 4.79 Å². The number of aryl methyl sites for hydroxylation is 1. The monoisotopic (exact) mass is 525 g/mol. The number of piperazine rings is 1. The van der Waals surface area contributed by atoms with E-state index in [0.717, 1.165) is 63.8 Å². The molecule has 0 bridgehead atoms. The lowest BCUT2D eigenvalue weighted by Crippen LogP contribution is -2.52. The first-order chi connectivity index (χ1) is 14.2. The number of ether oxygens (including phenoxy) is 1. The van der Waals surface area contributed by atoms with Crippen LogP contribution in [-0.2, 0) is 6.54 Å². The fourth-order valence-corrected chi connectivity index (χ4v) is 3.55. The molecule has 0 atom stereocenters. The molecular weight excluding hydrogens is 493 g/mol. The van der Waals surface area contributed by atoms with Gasteiger partial charge in [-0.3, -0.25) is 9.79 Å². The third-order valence-corrected chi connectivity index (χ3v) is 5.24. The van der Waals surface area contributed by atoms with E-state index >= 15 is 0 Å². The molecule has 1 aliphatic rings. The summed E-state index contributed by atoms with van der Waals surface area (Å²) >= 11 is 0. The quantitative estimate of drug-likeness (QED) is 0.261. The maximum absolute atomic E-state index is 11.7. The first-order valence-corrected chi connectivity index (χ1v) is 10.2. The van der Waals surface area contributed by atoms with E-state index in [1.54, 1.807) is 23.8 Å². The molecule has 3 rings (SSSR count). The van der Waals surface area contributed by atoms with Gasteiger partial charge in [-0.2, -0.15) is 0 Å². The van der Waals surface area contributed by atoms with Crippen LogP contribution in [0.3, 0.4) is 0 Å². The number of nitrogens with one attached hydrogen (secondary N) is 1. The average Bonchev–Trinajstić information content (AvgIpc) is 2.78. The summed E-state index contributed by atoms with van der Waals surface area (Å²) in [5.41, 5.74) is 1.29. The summed E-state index contributed by atoms with van der Waals surface area (Å²) in [6.07, 6.45) is 3.79. The van der Waals surface area contributed by atoms with Gasteiger partial charge >= 0.3 is 0 Å². The van der Waals surface area contributed by atoms with Crippen LogP contribution in [0.4, 0.5) is 5.69 Å². The van der Waals surface area contributed by atoms with E-state index in [0.29, 0.717) is 0 Å². The van der Waals surface area contributed by atoms with Crippen LogP contribution >= 0.6 is 24.0 Å². The number of nitrogens with zero attached hydrogens (tertiary/aromatic N) is 4. The number of anilines is 1. The van der Waals surface area contributed by atoms with Gasteiger partial charge in [0.1, 0.15) is 5.75 Å². The van der Waals surface area contributed by atoms with Gasteiger partial charge in [0.05, 0.1) is 7.11 Å². The second-order valence-electron chi connectivity index (χ2n) is 7.09. The summed E-state index contributed by atoms with van der Waals surface area (Å²) in [5, 5.41) is 3.46. The third kappa shape index (κ3) is 6.65. The van der Waals surface area contributed by atoms with E-state index in [2.05, 4.69) is 32.2 Å². The summed E-state index contributed by atoms with van der Waals surface area (Å²) in [7, 11) is 3.52. The van der Waals surface area contributed by atoms with Gasteiger partial charge < -0.3 is 24.4 Å². The molecule has 8 heteroatoms. The van der Waals surface area contributed by atoms with Gasteiger partial charge in [-0.15, -0.1) is 24.0 Å². The first kappa shape index (κ1) is 24.0. The van der Waals surface area contributed by atoms with Crippen LogP contribution in [-0.4, -0.2) is 62.3 Å². The topological polar surface area (TPSA) is 62.1 Å². The Morgan fingerprint density at radius 2 is 1.80 bits per heavy atom. The smallest absolute Gasteiger partial charge is 0.250 e. The second-order valence-corrected chi connectivity index (χ2v) is 7.09. The number of methoxy groups -OCH3 is 1. The van der Waals surface area contributed by atoms with E-state index in [4.69, 9.17) is 4.74 Å². The SMILES string of the molecule is CN=C(NCCCCn1ccccc1=O)N1CCN(c2ccc(OC)cc2)CC1.I. The van der Waals surface area contributed by atoms with Gasteiger partial charge in [0.25, 0.3) is 0 Å². The van der Waals surface area contributed by atoms with E-state index in [-0.39, 0.29) is 29.5 Å². The van der Waals surface area contributed by atoms with Crippen molar-refractivity contribution >= 4 is 35.6 Å². The molecule has 7 nitrogen and oxygen atoms in total. The number of aliphatic imine (C=N–C) groups is 1. The predicted molar refractivity (Wildman–Crippen MR) is 133 cm³/mol. The van der Waals surface area contributed by atoms with Crippen LogP contribution in [0.1, 0.15) is 12.8 Å². The Kier molecular flexibility index (Phi) is 9.99. The van der Waals surface area contributed by atoms with Crippen molar-refractivity contribution in [2.45, 2.75) is 19.4 Å². The highest BCUT2D eigenvalue weighted by Gasteiger charge is 2.19. The molecule has 2 heterocycles. The molecular formula is C22H32IN5O2. The maximum atomic E-state index is 11.7. The summed E-state index contributed by atoms with van der Waals surface area (Å²) in [6, 6.07) is 13.5. The number of benzene rings is 1. The maximum Gasteiger partial charge on any atom is 0.250 e. The number of rotatable bonds is 7. The summed E-state index contributed by atoms with van der Waals surface area (Å²) < 4.78 is 6.99. The zero-order valence-electron chi connectivity index (χ0n) is 17.8. The predicted octanol–water partition coefficient (Wildman–Crippen LogP) is 2.65. The van der Waals surface area contributed by atoms with E-state index in [1.807, 2.05) is 31.4 Å². The van der Waals surface area contributed by atoms with Crippen molar-refractivity contribution in [2.75, 3.05) is 51.8 Å². The van der Waals surface area contributed by atoms with Crippen molar-refractivity contribution in [1.29, 1.82) is 0 Å². The lowest BCUT2D eigenvalue weighted by Gasteiger charge is -2.37. The fraction of sp³-hybridized carbons (Fsp3) is 0.455. The Balaban J connectivity index is 0.00000320. The Bertz CT molecular complexity index is 845. The molecule has 1 aliphatic heterocycles. The molecule has 1 saturated heterocycles. The van der Waals surface area contributed by atoms with Gasteiger partial charge in [0.2, 0.25) is 5.56 Å². The number of aromatic nitrogens is 1. The highest BCUT2D eigenvalue weighted by molar-refractivity contribution is 14.0. The summed E-state index contributed by atoms with van der Waals surface area (Å²) in [4.78, 5) is 20.9. The molecule has 0 saturated carbocycles. The van der Waals surface area contributed by atoms with Crippen molar-refractivity contribution in [3.05, 3.63) is 59.0 Å². The molecule has 1 N–H and O–H groups in total. The first-order valence-electron chi connectivity index (χ1n) is 10.2. The van der Waals surface area contributed by atoms with Crippen molar-refractivity contribution in [3.8, 4) is 5.75 Å². The molecule has 0 amide bonds. The van der Waals surface area contributed by atoms with Crippen molar-refractivity contribution in [1.82, 2.24) is 14.8 Å². The zero-order chi connectivity index (χ0) is 20.5. The normalized spacial score (nSPS) is 14.3. The molecule has 1 aromatic carbocycles. The number of unbranched alkanes of at least 4 members (excludes halogenated alkanes) is 1. The number of hydrogen-bond donors (Lipinski definition) is 1. The van der Waals surface area contributed by atoms with Crippen LogP contribution < -0.4 is 20.5 Å². The van der Waals surface area contributed by atoms with Gasteiger partial charge in [-0.1, -0.05) is 6.07 Å². The molecule has 1 fully saturated rings. The van der Waals surface area contributed by atoms with Crippen molar-refractivity contribution in [2.24, 2.45) is 4.99 Å². The largest absolute Gasteiger partial charge is 0.497 e. The lowest BCUT2D eigenvalue weighted by molar-refractivity contribution is 0.372. The molecule has 1 aromatic heterocycles. The molecule has 0 spiro atoms. The number of halogens is 1. The van der Waals surface area contributed by atoms with Crippen LogP contribution in [0.2, 0.25) is 0 Å².